The van der Waals surface area contributed by atoms with Gasteiger partial charge in [-0.3, -0.25) is 0 Å². The van der Waals surface area contributed by atoms with E-state index in [9.17, 15) is 5.11 Å². The smallest absolute Gasteiger partial charge is 0.121 e. The highest BCUT2D eigenvalue weighted by Crippen LogP contribution is 2.36. The van der Waals surface area contributed by atoms with E-state index in [0.29, 0.717) is 21.5 Å². The zero-order valence-corrected chi connectivity index (χ0v) is 10.2. The van der Waals surface area contributed by atoms with Crippen LogP contribution in [0.4, 0.5) is 0 Å². The van der Waals surface area contributed by atoms with Crippen molar-refractivity contribution in [2.24, 2.45) is 11.7 Å². The molecule has 0 radical (unpaired) electrons. The van der Waals surface area contributed by atoms with E-state index in [4.69, 9.17) is 28.9 Å². The maximum absolute atomic E-state index is 9.80. The lowest BCUT2D eigenvalue weighted by atomic mass is 9.92. The van der Waals surface area contributed by atoms with Gasteiger partial charge in [-0.15, -0.1) is 0 Å². The summed E-state index contributed by atoms with van der Waals surface area (Å²) in [4.78, 5) is 0. The molecule has 5 heteroatoms. The Morgan fingerprint density at radius 3 is 2.69 bits per heavy atom. The lowest BCUT2D eigenvalue weighted by molar-refractivity contribution is 0.425. The van der Waals surface area contributed by atoms with Crippen molar-refractivity contribution < 1.29 is 5.11 Å². The second-order valence-electron chi connectivity index (χ2n) is 4.10. The molecule has 1 saturated heterocycles. The van der Waals surface area contributed by atoms with Crippen molar-refractivity contribution >= 4 is 23.2 Å². The fourth-order valence-corrected chi connectivity index (χ4v) is 2.39. The van der Waals surface area contributed by atoms with Crippen molar-refractivity contribution in [3.63, 3.8) is 0 Å². The van der Waals surface area contributed by atoms with Crippen LogP contribution in [0.15, 0.2) is 12.1 Å². The number of hydrogen-bond donors (Lipinski definition) is 3. The highest BCUT2D eigenvalue weighted by atomic mass is 35.5. The number of phenolic OH excluding ortho intramolecular Hbond substituents is 1. The first kappa shape index (κ1) is 12.0. The molecule has 1 unspecified atom stereocenters. The molecule has 0 saturated carbocycles. The molecular weight excluding hydrogens is 247 g/mol. The van der Waals surface area contributed by atoms with E-state index in [-0.39, 0.29) is 11.8 Å². The average Bonchev–Trinajstić information content (AvgIpc) is 2.75. The normalized spacial score (nSPS) is 22.3. The first-order valence-corrected chi connectivity index (χ1v) is 5.99. The van der Waals surface area contributed by atoms with E-state index >= 15 is 0 Å². The highest BCUT2D eigenvalue weighted by molar-refractivity contribution is 6.42. The first-order valence-electron chi connectivity index (χ1n) is 5.24. The Balaban J connectivity index is 2.28. The number of halogens is 2. The third-order valence-corrected chi connectivity index (χ3v) is 3.76. The zero-order valence-electron chi connectivity index (χ0n) is 8.71. The summed E-state index contributed by atoms with van der Waals surface area (Å²) in [5.41, 5.74) is 6.79. The molecule has 0 bridgehead atoms. The van der Waals surface area contributed by atoms with E-state index in [1.807, 2.05) is 0 Å². The summed E-state index contributed by atoms with van der Waals surface area (Å²) < 4.78 is 0. The molecule has 88 valence electrons. The first-order chi connectivity index (χ1) is 7.59. The Labute approximate surface area is 105 Å². The minimum Gasteiger partial charge on any atom is -0.508 e. The van der Waals surface area contributed by atoms with Crippen LogP contribution in [0.1, 0.15) is 18.0 Å². The Bertz CT molecular complexity index is 392. The Hall–Kier alpha value is -0.480. The third-order valence-electron chi connectivity index (χ3n) is 3.04. The van der Waals surface area contributed by atoms with Gasteiger partial charge in [-0.1, -0.05) is 23.2 Å². The number of nitrogens with one attached hydrogen (secondary N) is 1. The number of phenols is 1. The van der Waals surface area contributed by atoms with Gasteiger partial charge >= 0.3 is 0 Å². The van der Waals surface area contributed by atoms with E-state index in [1.165, 1.54) is 6.07 Å². The minimum absolute atomic E-state index is 0.119. The quantitative estimate of drug-likeness (QED) is 0.765. The molecule has 1 aromatic carbocycles. The maximum Gasteiger partial charge on any atom is 0.121 e. The van der Waals surface area contributed by atoms with Crippen molar-refractivity contribution in [1.82, 2.24) is 5.32 Å². The molecule has 0 spiro atoms. The van der Waals surface area contributed by atoms with Crippen LogP contribution in [0.25, 0.3) is 0 Å². The standard InChI is InChI=1S/C11H14Cl2N2O/c12-8-3-7(10(16)4-9(8)13)11(14)6-1-2-15-5-6/h3-4,6,11,15-16H,1-2,5,14H2/t6-,11?/m0/s1. The molecule has 1 fully saturated rings. The van der Waals surface area contributed by atoms with Gasteiger partial charge in [0.1, 0.15) is 5.75 Å². The highest BCUT2D eigenvalue weighted by Gasteiger charge is 2.25. The second-order valence-corrected chi connectivity index (χ2v) is 4.92. The fourth-order valence-electron chi connectivity index (χ4n) is 2.06. The third kappa shape index (κ3) is 2.28. The fraction of sp³-hybridized carbons (Fsp3) is 0.455. The van der Waals surface area contributed by atoms with Crippen LogP contribution in [0.3, 0.4) is 0 Å². The Kier molecular flexibility index (Phi) is 3.60. The van der Waals surface area contributed by atoms with E-state index < -0.39 is 0 Å². The van der Waals surface area contributed by atoms with Gasteiger partial charge in [0.2, 0.25) is 0 Å². The van der Waals surface area contributed by atoms with Gasteiger partial charge in [-0.25, -0.2) is 0 Å². The van der Waals surface area contributed by atoms with Gasteiger partial charge in [-0.2, -0.15) is 0 Å². The van der Waals surface area contributed by atoms with E-state index in [2.05, 4.69) is 5.32 Å². The molecule has 4 N–H and O–H groups in total. The lowest BCUT2D eigenvalue weighted by Crippen LogP contribution is -2.23. The minimum atomic E-state index is -0.204. The van der Waals surface area contributed by atoms with Crippen LogP contribution in [0.2, 0.25) is 10.0 Å². The molecule has 1 aromatic rings. The predicted octanol–water partition coefficient (Wildman–Crippen LogP) is 2.31. The largest absolute Gasteiger partial charge is 0.508 e. The summed E-state index contributed by atoms with van der Waals surface area (Å²) >= 11 is 11.7. The average molecular weight is 261 g/mol. The molecule has 1 heterocycles. The van der Waals surface area contributed by atoms with Crippen molar-refractivity contribution in [3.05, 3.63) is 27.7 Å². The maximum atomic E-state index is 9.80. The molecular formula is C11H14Cl2N2O. The molecule has 2 rings (SSSR count). The summed E-state index contributed by atoms with van der Waals surface area (Å²) in [6, 6.07) is 2.90. The summed E-state index contributed by atoms with van der Waals surface area (Å²) in [5.74, 6) is 0.456. The summed E-state index contributed by atoms with van der Waals surface area (Å²) in [5, 5.41) is 13.8. The zero-order chi connectivity index (χ0) is 11.7. The van der Waals surface area contributed by atoms with Crippen LogP contribution >= 0.6 is 23.2 Å². The van der Waals surface area contributed by atoms with Crippen molar-refractivity contribution in [2.75, 3.05) is 13.1 Å². The monoisotopic (exact) mass is 260 g/mol. The molecule has 2 atom stereocenters. The summed E-state index contributed by atoms with van der Waals surface area (Å²) in [7, 11) is 0. The van der Waals surface area contributed by atoms with Crippen molar-refractivity contribution in [3.8, 4) is 5.75 Å². The lowest BCUT2D eigenvalue weighted by Gasteiger charge is -2.20. The molecule has 0 amide bonds. The topological polar surface area (TPSA) is 58.3 Å². The molecule has 1 aliphatic heterocycles. The molecule has 0 aliphatic carbocycles. The van der Waals surface area contributed by atoms with E-state index in [0.717, 1.165) is 19.5 Å². The number of aromatic hydroxyl groups is 1. The number of rotatable bonds is 2. The van der Waals surface area contributed by atoms with Crippen LogP contribution in [0, 0.1) is 5.92 Å². The van der Waals surface area contributed by atoms with Gasteiger partial charge in [0.15, 0.2) is 0 Å². The second kappa shape index (κ2) is 4.80. The molecule has 0 aromatic heterocycles. The Morgan fingerprint density at radius 2 is 2.06 bits per heavy atom. The van der Waals surface area contributed by atoms with Crippen LogP contribution < -0.4 is 11.1 Å². The predicted molar refractivity (Wildman–Crippen MR) is 66.0 cm³/mol. The van der Waals surface area contributed by atoms with Crippen molar-refractivity contribution in [2.45, 2.75) is 12.5 Å². The summed E-state index contributed by atoms with van der Waals surface area (Å²) in [6.45, 7) is 1.85. The van der Waals surface area contributed by atoms with Gasteiger partial charge in [-0.05, 0) is 31.5 Å². The Morgan fingerprint density at radius 1 is 1.38 bits per heavy atom. The molecule has 1 aliphatic rings. The SMILES string of the molecule is NC(c1cc(Cl)c(Cl)cc1O)[C@H]1CCNC1. The number of hydrogen-bond acceptors (Lipinski definition) is 3. The van der Waals surface area contributed by atoms with Crippen LogP contribution in [0.5, 0.6) is 5.75 Å². The van der Waals surface area contributed by atoms with Gasteiger partial charge in [0.25, 0.3) is 0 Å². The molecule has 16 heavy (non-hydrogen) atoms. The van der Waals surface area contributed by atoms with Crippen LogP contribution in [-0.2, 0) is 0 Å². The van der Waals surface area contributed by atoms with Gasteiger partial charge in [0.05, 0.1) is 10.0 Å². The van der Waals surface area contributed by atoms with Crippen LogP contribution in [-0.4, -0.2) is 18.2 Å². The van der Waals surface area contributed by atoms with Gasteiger partial charge in [0, 0.05) is 17.7 Å². The molecule has 3 nitrogen and oxygen atoms in total. The van der Waals surface area contributed by atoms with Gasteiger partial charge < -0.3 is 16.2 Å². The number of nitrogens with two attached hydrogens (primary N) is 1. The van der Waals surface area contributed by atoms with E-state index in [1.54, 1.807) is 6.07 Å². The van der Waals surface area contributed by atoms with Crippen molar-refractivity contribution in [1.29, 1.82) is 0 Å². The summed E-state index contributed by atoms with van der Waals surface area (Å²) in [6.07, 6.45) is 1.01. The number of benzene rings is 1.